The van der Waals surface area contributed by atoms with Crippen LogP contribution in [0.5, 0.6) is 11.5 Å². The normalized spacial score (nSPS) is 12.7. The molecule has 1 atom stereocenters. The Morgan fingerprint density at radius 3 is 2.86 bits per heavy atom. The van der Waals surface area contributed by atoms with Gasteiger partial charge in [-0.1, -0.05) is 11.8 Å². The number of rotatable bonds is 6. The highest BCUT2D eigenvalue weighted by atomic mass is 32.2. The summed E-state index contributed by atoms with van der Waals surface area (Å²) >= 11 is 0.964. The largest absolute Gasteiger partial charge is 0.454 e. The van der Waals surface area contributed by atoms with Gasteiger partial charge < -0.3 is 24.5 Å². The molecule has 29 heavy (non-hydrogen) atoms. The first-order valence-electron chi connectivity index (χ1n) is 8.54. The van der Waals surface area contributed by atoms with Crippen LogP contribution < -0.4 is 20.3 Å². The molecule has 0 saturated carbocycles. The fourth-order valence-corrected chi connectivity index (χ4v) is 3.39. The molecule has 2 N–H and O–H groups in total. The SMILES string of the molecule is Cc1cc(=O)[nH]c(SCC(=O)O[C@@H](C)C(=O)Nc2ccc3c(c2)OCO3)c1C#N. The second-order valence-electron chi connectivity index (χ2n) is 6.11. The average molecular weight is 415 g/mol. The van der Waals surface area contributed by atoms with Gasteiger partial charge in [0, 0.05) is 17.8 Å². The number of benzene rings is 1. The van der Waals surface area contributed by atoms with Crippen molar-refractivity contribution >= 4 is 29.3 Å². The number of carbonyl (C=O) groups excluding carboxylic acids is 2. The van der Waals surface area contributed by atoms with Crippen molar-refractivity contribution in [2.75, 3.05) is 17.9 Å². The van der Waals surface area contributed by atoms with E-state index >= 15 is 0 Å². The van der Waals surface area contributed by atoms with E-state index in [0.717, 1.165) is 11.8 Å². The van der Waals surface area contributed by atoms with Crippen molar-refractivity contribution in [2.45, 2.75) is 25.0 Å². The van der Waals surface area contributed by atoms with Crippen LogP contribution in [0.3, 0.4) is 0 Å². The number of esters is 1. The van der Waals surface area contributed by atoms with Gasteiger partial charge in [-0.25, -0.2) is 0 Å². The third-order valence-electron chi connectivity index (χ3n) is 3.97. The van der Waals surface area contributed by atoms with Crippen LogP contribution >= 0.6 is 11.8 Å². The summed E-state index contributed by atoms with van der Waals surface area (Å²) in [7, 11) is 0. The molecule has 1 aliphatic rings. The zero-order chi connectivity index (χ0) is 21.0. The highest BCUT2D eigenvalue weighted by Gasteiger charge is 2.20. The summed E-state index contributed by atoms with van der Waals surface area (Å²) < 4.78 is 15.6. The summed E-state index contributed by atoms with van der Waals surface area (Å²) in [5.74, 6) is -0.233. The van der Waals surface area contributed by atoms with E-state index in [1.807, 2.05) is 6.07 Å². The van der Waals surface area contributed by atoms with E-state index in [1.165, 1.54) is 13.0 Å². The molecular weight excluding hydrogens is 398 g/mol. The third kappa shape index (κ3) is 4.89. The maximum Gasteiger partial charge on any atom is 0.317 e. The van der Waals surface area contributed by atoms with Gasteiger partial charge in [-0.2, -0.15) is 5.26 Å². The highest BCUT2D eigenvalue weighted by Crippen LogP contribution is 2.34. The standard InChI is InChI=1S/C19H17N3O6S/c1-10-5-16(23)22-19(13(10)7-20)29-8-17(24)28-11(2)18(25)21-12-3-4-14-15(6-12)27-9-26-14/h3-6,11H,8-9H2,1-2H3,(H,21,25)(H,22,23)/t11-/m0/s1. The molecule has 9 nitrogen and oxygen atoms in total. The minimum Gasteiger partial charge on any atom is -0.454 e. The van der Waals surface area contributed by atoms with Crippen molar-refractivity contribution < 1.29 is 23.8 Å². The molecular formula is C19H17N3O6S. The Kier molecular flexibility index (Phi) is 6.09. The first-order valence-corrected chi connectivity index (χ1v) is 9.52. The summed E-state index contributed by atoms with van der Waals surface area (Å²) in [6, 6.07) is 8.23. The summed E-state index contributed by atoms with van der Waals surface area (Å²) in [6.07, 6.45) is -1.04. The topological polar surface area (TPSA) is 131 Å². The molecule has 0 unspecified atom stereocenters. The number of hydrogen-bond donors (Lipinski definition) is 2. The molecule has 0 saturated heterocycles. The van der Waals surface area contributed by atoms with Crippen molar-refractivity contribution in [1.82, 2.24) is 4.98 Å². The quantitative estimate of drug-likeness (QED) is 0.541. The number of thioether (sulfide) groups is 1. The van der Waals surface area contributed by atoms with E-state index in [-0.39, 0.29) is 28.7 Å². The number of aromatic amines is 1. The average Bonchev–Trinajstić information content (AvgIpc) is 3.13. The van der Waals surface area contributed by atoms with Crippen LogP contribution in [0.2, 0.25) is 0 Å². The maximum atomic E-state index is 12.3. The van der Waals surface area contributed by atoms with Gasteiger partial charge in [-0.3, -0.25) is 14.4 Å². The molecule has 1 amide bonds. The molecule has 2 heterocycles. The van der Waals surface area contributed by atoms with Crippen LogP contribution in [0, 0.1) is 18.3 Å². The van der Waals surface area contributed by atoms with Crippen LogP contribution in [-0.2, 0) is 14.3 Å². The number of anilines is 1. The number of amides is 1. The predicted octanol–water partition coefficient (Wildman–Crippen LogP) is 1.95. The molecule has 150 valence electrons. The summed E-state index contributed by atoms with van der Waals surface area (Å²) in [6.45, 7) is 3.21. The molecule has 0 spiro atoms. The van der Waals surface area contributed by atoms with Gasteiger partial charge in [0.1, 0.15) is 6.07 Å². The first-order chi connectivity index (χ1) is 13.9. The fourth-order valence-electron chi connectivity index (χ4n) is 2.54. The lowest BCUT2D eigenvalue weighted by Crippen LogP contribution is -2.30. The predicted molar refractivity (Wildman–Crippen MR) is 104 cm³/mol. The third-order valence-corrected chi connectivity index (χ3v) is 4.94. The van der Waals surface area contributed by atoms with Crippen molar-refractivity contribution in [3.8, 4) is 17.6 Å². The van der Waals surface area contributed by atoms with E-state index in [9.17, 15) is 19.6 Å². The van der Waals surface area contributed by atoms with Crippen molar-refractivity contribution in [3.63, 3.8) is 0 Å². The van der Waals surface area contributed by atoms with E-state index in [0.29, 0.717) is 22.7 Å². The van der Waals surface area contributed by atoms with Crippen molar-refractivity contribution in [3.05, 3.63) is 45.7 Å². The number of ether oxygens (including phenoxy) is 3. The molecule has 2 aromatic rings. The number of aryl methyl sites for hydroxylation is 1. The van der Waals surface area contributed by atoms with Crippen LogP contribution in [0.15, 0.2) is 34.1 Å². The number of nitriles is 1. The van der Waals surface area contributed by atoms with E-state index in [4.69, 9.17) is 14.2 Å². The van der Waals surface area contributed by atoms with Crippen molar-refractivity contribution in [2.24, 2.45) is 0 Å². The van der Waals surface area contributed by atoms with Crippen LogP contribution in [0.25, 0.3) is 0 Å². The number of pyridine rings is 1. The molecule has 1 aromatic carbocycles. The number of nitrogens with zero attached hydrogens (tertiary/aromatic N) is 1. The van der Waals surface area contributed by atoms with Crippen LogP contribution in [0.1, 0.15) is 18.1 Å². The smallest absolute Gasteiger partial charge is 0.317 e. The number of aromatic nitrogens is 1. The zero-order valence-corrected chi connectivity index (χ0v) is 16.4. The zero-order valence-electron chi connectivity index (χ0n) is 15.6. The van der Waals surface area contributed by atoms with E-state index < -0.39 is 18.0 Å². The van der Waals surface area contributed by atoms with Crippen LogP contribution in [-0.4, -0.2) is 35.5 Å². The van der Waals surface area contributed by atoms with Gasteiger partial charge in [-0.15, -0.1) is 0 Å². The summed E-state index contributed by atoms with van der Waals surface area (Å²) in [5, 5.41) is 12.1. The fraction of sp³-hybridized carbons (Fsp3) is 0.263. The highest BCUT2D eigenvalue weighted by molar-refractivity contribution is 7.99. The first kappa shape index (κ1) is 20.3. The number of hydrogen-bond acceptors (Lipinski definition) is 8. The second-order valence-corrected chi connectivity index (χ2v) is 7.10. The lowest BCUT2D eigenvalue weighted by molar-refractivity contribution is -0.150. The number of fused-ring (bicyclic) bond motifs is 1. The molecule has 0 bridgehead atoms. The minimum atomic E-state index is -1.04. The lowest BCUT2D eigenvalue weighted by Gasteiger charge is -2.14. The second kappa shape index (κ2) is 8.70. The van der Waals surface area contributed by atoms with Gasteiger partial charge >= 0.3 is 5.97 Å². The van der Waals surface area contributed by atoms with Gasteiger partial charge in [0.05, 0.1) is 16.3 Å². The summed E-state index contributed by atoms with van der Waals surface area (Å²) in [5.41, 5.74) is 0.918. The Labute approximate surface area is 170 Å². The number of carbonyl (C=O) groups is 2. The van der Waals surface area contributed by atoms with Crippen molar-refractivity contribution in [1.29, 1.82) is 5.26 Å². The molecule has 10 heteroatoms. The molecule has 0 aliphatic carbocycles. The molecule has 3 rings (SSSR count). The van der Waals surface area contributed by atoms with Gasteiger partial charge in [0.15, 0.2) is 17.6 Å². The Hall–Kier alpha value is -3.45. The molecule has 0 radical (unpaired) electrons. The molecule has 0 fully saturated rings. The Balaban J connectivity index is 1.55. The van der Waals surface area contributed by atoms with Crippen LogP contribution in [0.4, 0.5) is 5.69 Å². The Bertz CT molecular complexity index is 1060. The van der Waals surface area contributed by atoms with E-state index in [1.54, 1.807) is 25.1 Å². The van der Waals surface area contributed by atoms with Gasteiger partial charge in [0.2, 0.25) is 12.4 Å². The minimum absolute atomic E-state index is 0.123. The molecule has 1 aromatic heterocycles. The summed E-state index contributed by atoms with van der Waals surface area (Å²) in [4.78, 5) is 38.4. The van der Waals surface area contributed by atoms with Gasteiger partial charge in [0.25, 0.3) is 5.91 Å². The monoisotopic (exact) mass is 415 g/mol. The molecule has 1 aliphatic heterocycles. The number of H-pyrrole nitrogens is 1. The lowest BCUT2D eigenvalue weighted by atomic mass is 10.2. The maximum absolute atomic E-state index is 12.3. The van der Waals surface area contributed by atoms with E-state index in [2.05, 4.69) is 10.3 Å². The van der Waals surface area contributed by atoms with Gasteiger partial charge in [-0.05, 0) is 31.5 Å². The number of nitrogens with one attached hydrogen (secondary N) is 2. The Morgan fingerprint density at radius 1 is 1.34 bits per heavy atom. The Morgan fingerprint density at radius 2 is 2.10 bits per heavy atom.